The molecule has 8 heteroatoms. The van der Waals surface area contributed by atoms with Gasteiger partial charge in [-0.15, -0.1) is 0 Å². The Morgan fingerprint density at radius 2 is 1.80 bits per heavy atom. The number of phenolic OH excluding ortho intramolecular Hbond substituents is 1. The largest absolute Gasteiger partial charge is 0.502 e. The van der Waals surface area contributed by atoms with Crippen molar-refractivity contribution in [2.24, 2.45) is 0 Å². The lowest BCUT2D eigenvalue weighted by atomic mass is 9.75. The second-order valence-electron chi connectivity index (χ2n) is 7.17. The number of carbonyl (C=O) groups excluding carboxylic acids is 2. The zero-order valence-corrected chi connectivity index (χ0v) is 17.7. The van der Waals surface area contributed by atoms with Crippen molar-refractivity contribution in [2.45, 2.75) is 32.1 Å². The molecule has 0 saturated carbocycles. The number of carbonyl (C=O) groups is 2. The molecule has 3 rings (SSSR count). The third-order valence-corrected chi connectivity index (χ3v) is 5.35. The number of hydrogen-bond acceptors (Lipinski definition) is 8. The van der Waals surface area contributed by atoms with Gasteiger partial charge in [0.25, 0.3) is 0 Å². The van der Waals surface area contributed by atoms with Crippen LogP contribution in [-0.4, -0.2) is 51.4 Å². The van der Waals surface area contributed by atoms with Crippen molar-refractivity contribution in [3.63, 3.8) is 0 Å². The monoisotopic (exact) mass is 417 g/mol. The molecular formula is C22H27NO7. The first kappa shape index (κ1) is 21.7. The standard InChI is InChI=1S/C22H27NO7/c1-12-18(22(26)30-9-8-27-2)19(20-14(23-12)6-5-7-15(20)24)13-10-16(28-3)21(25)17(11-13)29-4/h10-11,19,23,25H,5-9H2,1-4H3/t19-/m0/s1. The van der Waals surface area contributed by atoms with Crippen LogP contribution < -0.4 is 14.8 Å². The Hall–Kier alpha value is -3.00. The third kappa shape index (κ3) is 4.00. The first-order valence-corrected chi connectivity index (χ1v) is 9.77. The van der Waals surface area contributed by atoms with Crippen LogP contribution in [0.3, 0.4) is 0 Å². The maximum atomic E-state index is 13.0. The molecule has 30 heavy (non-hydrogen) atoms. The number of ether oxygens (including phenoxy) is 4. The summed E-state index contributed by atoms with van der Waals surface area (Å²) < 4.78 is 20.9. The van der Waals surface area contributed by atoms with Gasteiger partial charge in [-0.2, -0.15) is 0 Å². The highest BCUT2D eigenvalue weighted by atomic mass is 16.6. The first-order chi connectivity index (χ1) is 14.4. The van der Waals surface area contributed by atoms with E-state index in [1.54, 1.807) is 19.1 Å². The number of aromatic hydroxyl groups is 1. The normalized spacial score (nSPS) is 18.7. The van der Waals surface area contributed by atoms with Gasteiger partial charge in [-0.1, -0.05) is 0 Å². The number of phenols is 1. The van der Waals surface area contributed by atoms with Crippen LogP contribution in [0.4, 0.5) is 0 Å². The highest BCUT2D eigenvalue weighted by molar-refractivity contribution is 6.03. The van der Waals surface area contributed by atoms with E-state index in [9.17, 15) is 14.7 Å². The van der Waals surface area contributed by atoms with E-state index in [0.717, 1.165) is 12.1 Å². The molecule has 0 bridgehead atoms. The summed E-state index contributed by atoms with van der Waals surface area (Å²) in [5, 5.41) is 13.5. The average Bonchev–Trinajstić information content (AvgIpc) is 2.73. The van der Waals surface area contributed by atoms with Crippen molar-refractivity contribution in [3.8, 4) is 17.2 Å². The molecule has 1 aromatic carbocycles. The molecule has 0 aromatic heterocycles. The van der Waals surface area contributed by atoms with Gasteiger partial charge in [0, 0.05) is 36.4 Å². The fourth-order valence-corrected chi connectivity index (χ4v) is 3.96. The second-order valence-corrected chi connectivity index (χ2v) is 7.17. The van der Waals surface area contributed by atoms with Gasteiger partial charge in [-0.05, 0) is 37.5 Å². The van der Waals surface area contributed by atoms with Crippen LogP contribution in [0.25, 0.3) is 0 Å². The maximum Gasteiger partial charge on any atom is 0.336 e. The highest BCUT2D eigenvalue weighted by Gasteiger charge is 2.39. The maximum absolute atomic E-state index is 13.0. The smallest absolute Gasteiger partial charge is 0.336 e. The van der Waals surface area contributed by atoms with Gasteiger partial charge in [0.05, 0.1) is 26.4 Å². The van der Waals surface area contributed by atoms with E-state index in [1.807, 2.05) is 0 Å². The SMILES string of the molecule is COCCOC(=O)C1=C(C)NC2=C(C(=O)CCC2)[C@H]1c1cc(OC)c(O)c(OC)c1. The molecule has 162 valence electrons. The molecule has 2 N–H and O–H groups in total. The molecule has 1 aliphatic heterocycles. The van der Waals surface area contributed by atoms with Crippen LogP contribution in [0.1, 0.15) is 37.7 Å². The zero-order valence-electron chi connectivity index (χ0n) is 17.7. The molecule has 1 aromatic rings. The molecule has 1 aliphatic carbocycles. The summed E-state index contributed by atoms with van der Waals surface area (Å²) in [6, 6.07) is 3.24. The number of methoxy groups -OCH3 is 3. The van der Waals surface area contributed by atoms with E-state index < -0.39 is 11.9 Å². The number of ketones is 1. The van der Waals surface area contributed by atoms with Crippen LogP contribution in [0.2, 0.25) is 0 Å². The Bertz CT molecular complexity index is 891. The van der Waals surface area contributed by atoms with Crippen molar-refractivity contribution in [2.75, 3.05) is 34.5 Å². The van der Waals surface area contributed by atoms with E-state index in [0.29, 0.717) is 35.2 Å². The predicted octanol–water partition coefficient (Wildman–Crippen LogP) is 2.57. The molecule has 0 unspecified atom stereocenters. The summed E-state index contributed by atoms with van der Waals surface area (Å²) in [6.07, 6.45) is 1.88. The van der Waals surface area contributed by atoms with Gasteiger partial charge in [-0.3, -0.25) is 4.79 Å². The predicted molar refractivity (Wildman–Crippen MR) is 109 cm³/mol. The summed E-state index contributed by atoms with van der Waals surface area (Å²) in [7, 11) is 4.38. The van der Waals surface area contributed by atoms with Crippen molar-refractivity contribution in [3.05, 3.63) is 40.2 Å². The van der Waals surface area contributed by atoms with Gasteiger partial charge >= 0.3 is 5.97 Å². The number of benzene rings is 1. The molecule has 1 atom stereocenters. The van der Waals surface area contributed by atoms with E-state index in [1.165, 1.54) is 21.3 Å². The van der Waals surface area contributed by atoms with Crippen LogP contribution in [0, 0.1) is 0 Å². The average molecular weight is 417 g/mol. The lowest BCUT2D eigenvalue weighted by molar-refractivity contribution is -0.140. The number of dihydropyridines is 1. The highest BCUT2D eigenvalue weighted by Crippen LogP contribution is 2.46. The lowest BCUT2D eigenvalue weighted by Gasteiger charge is -2.34. The summed E-state index contributed by atoms with van der Waals surface area (Å²) in [4.78, 5) is 25.9. The van der Waals surface area contributed by atoms with Crippen LogP contribution in [0.5, 0.6) is 17.2 Å². The molecule has 1 heterocycles. The van der Waals surface area contributed by atoms with Crippen molar-refractivity contribution in [1.29, 1.82) is 0 Å². The van der Waals surface area contributed by atoms with Crippen LogP contribution in [-0.2, 0) is 19.1 Å². The van der Waals surface area contributed by atoms with Gasteiger partial charge in [0.2, 0.25) is 5.75 Å². The minimum atomic E-state index is -0.660. The van der Waals surface area contributed by atoms with E-state index in [-0.39, 0.29) is 36.2 Å². The molecular weight excluding hydrogens is 390 g/mol. The molecule has 0 fully saturated rings. The summed E-state index contributed by atoms with van der Waals surface area (Å²) in [5.74, 6) is -0.970. The summed E-state index contributed by atoms with van der Waals surface area (Å²) in [6.45, 7) is 2.16. The van der Waals surface area contributed by atoms with Crippen LogP contribution in [0.15, 0.2) is 34.7 Å². The second kappa shape index (κ2) is 9.21. The molecule has 0 spiro atoms. The number of Topliss-reactive ketones (excluding diaryl/α,β-unsaturated/α-hetero) is 1. The Morgan fingerprint density at radius 3 is 2.40 bits per heavy atom. The van der Waals surface area contributed by atoms with E-state index in [2.05, 4.69) is 5.32 Å². The number of allylic oxidation sites excluding steroid dienone is 3. The summed E-state index contributed by atoms with van der Waals surface area (Å²) >= 11 is 0. The van der Waals surface area contributed by atoms with Crippen LogP contribution >= 0.6 is 0 Å². The van der Waals surface area contributed by atoms with Gasteiger partial charge in [0.1, 0.15) is 6.61 Å². The van der Waals surface area contributed by atoms with Crippen molar-refractivity contribution >= 4 is 11.8 Å². The first-order valence-electron chi connectivity index (χ1n) is 9.77. The molecule has 8 nitrogen and oxygen atoms in total. The van der Waals surface area contributed by atoms with Crippen molar-refractivity contribution in [1.82, 2.24) is 5.32 Å². The molecule has 2 aliphatic rings. The summed E-state index contributed by atoms with van der Waals surface area (Å²) in [5.41, 5.74) is 2.93. The minimum absolute atomic E-state index is 0.0190. The van der Waals surface area contributed by atoms with Gasteiger partial charge < -0.3 is 29.4 Å². The third-order valence-electron chi connectivity index (χ3n) is 5.35. The fourth-order valence-electron chi connectivity index (χ4n) is 3.96. The number of esters is 1. The number of hydrogen-bond donors (Lipinski definition) is 2. The quantitative estimate of drug-likeness (QED) is 0.515. The number of nitrogens with one attached hydrogen (secondary N) is 1. The molecule has 0 saturated heterocycles. The zero-order chi connectivity index (χ0) is 21.8. The molecule has 0 amide bonds. The molecule has 0 radical (unpaired) electrons. The van der Waals surface area contributed by atoms with Gasteiger partial charge in [0.15, 0.2) is 17.3 Å². The van der Waals surface area contributed by atoms with E-state index in [4.69, 9.17) is 18.9 Å². The Morgan fingerprint density at radius 1 is 1.13 bits per heavy atom. The van der Waals surface area contributed by atoms with Gasteiger partial charge in [-0.25, -0.2) is 4.79 Å². The fraction of sp³-hybridized carbons (Fsp3) is 0.455. The Balaban J connectivity index is 2.16. The Kier molecular flexibility index (Phi) is 6.66. The minimum Gasteiger partial charge on any atom is -0.502 e. The lowest BCUT2D eigenvalue weighted by Crippen LogP contribution is -2.34. The Labute approximate surface area is 175 Å². The van der Waals surface area contributed by atoms with E-state index >= 15 is 0 Å². The number of rotatable bonds is 7. The topological polar surface area (TPSA) is 103 Å². The van der Waals surface area contributed by atoms with Crippen molar-refractivity contribution < 1.29 is 33.6 Å².